The van der Waals surface area contributed by atoms with Crippen molar-refractivity contribution in [1.29, 1.82) is 0 Å². The summed E-state index contributed by atoms with van der Waals surface area (Å²) in [6, 6.07) is 3.99. The second-order valence-electron chi connectivity index (χ2n) is 3.01. The van der Waals surface area contributed by atoms with E-state index in [0.717, 1.165) is 30.4 Å². The number of thioether (sulfide) groups is 1. The van der Waals surface area contributed by atoms with Crippen LogP contribution in [0.5, 0.6) is 0 Å². The molecule has 1 aromatic heterocycles. The van der Waals surface area contributed by atoms with Gasteiger partial charge in [0.15, 0.2) is 5.88 Å². The highest BCUT2D eigenvalue weighted by molar-refractivity contribution is 7.99. The van der Waals surface area contributed by atoms with Crippen LogP contribution < -0.4 is 11.1 Å². The molecule has 0 saturated carbocycles. The lowest BCUT2D eigenvalue weighted by Crippen LogP contribution is -2.03. The maximum absolute atomic E-state index is 5.61. The van der Waals surface area contributed by atoms with Crippen LogP contribution in [0.4, 0.5) is 5.88 Å². The molecular weight excluding hydrogens is 196 g/mol. The predicted molar refractivity (Wildman–Crippen MR) is 62.8 cm³/mol. The molecule has 3 N–H and O–H groups in total. The van der Waals surface area contributed by atoms with E-state index in [4.69, 9.17) is 10.2 Å². The highest BCUT2D eigenvalue weighted by atomic mass is 32.2. The smallest absolute Gasteiger partial charge is 0.192 e. The Morgan fingerprint density at radius 1 is 1.57 bits per heavy atom. The molecule has 3 nitrogen and oxygen atoms in total. The molecule has 0 aliphatic carbocycles. The van der Waals surface area contributed by atoms with E-state index in [1.54, 1.807) is 0 Å². The number of nitrogens with one attached hydrogen (secondary N) is 1. The molecule has 1 atom stereocenters. The fourth-order valence-electron chi connectivity index (χ4n) is 1.27. The van der Waals surface area contributed by atoms with E-state index in [1.165, 1.54) is 0 Å². The quantitative estimate of drug-likeness (QED) is 0.763. The molecule has 1 aromatic rings. The van der Waals surface area contributed by atoms with E-state index in [9.17, 15) is 0 Å². The lowest BCUT2D eigenvalue weighted by molar-refractivity contribution is 0.516. The van der Waals surface area contributed by atoms with Crippen molar-refractivity contribution in [2.45, 2.75) is 18.6 Å². The van der Waals surface area contributed by atoms with Crippen LogP contribution in [-0.4, -0.2) is 19.3 Å². The Kier molecular flexibility index (Phi) is 4.90. The first-order chi connectivity index (χ1) is 6.81. The predicted octanol–water partition coefficient (Wildman–Crippen LogP) is 2.46. The minimum absolute atomic E-state index is 0.431. The topological polar surface area (TPSA) is 51.2 Å². The van der Waals surface area contributed by atoms with Gasteiger partial charge in [-0.15, -0.1) is 11.8 Å². The monoisotopic (exact) mass is 214 g/mol. The van der Waals surface area contributed by atoms with Crippen LogP contribution in [0, 0.1) is 0 Å². The van der Waals surface area contributed by atoms with Crippen LogP contribution in [0.2, 0.25) is 0 Å². The average Bonchev–Trinajstić information content (AvgIpc) is 2.68. The number of anilines is 1. The van der Waals surface area contributed by atoms with Crippen LogP contribution in [0.1, 0.15) is 24.4 Å². The minimum atomic E-state index is 0.431. The van der Waals surface area contributed by atoms with Crippen LogP contribution in [0.25, 0.3) is 0 Å². The molecule has 80 valence electrons. The van der Waals surface area contributed by atoms with Crippen molar-refractivity contribution in [1.82, 2.24) is 0 Å². The van der Waals surface area contributed by atoms with E-state index in [1.807, 2.05) is 30.9 Å². The number of hydrogen-bond donors (Lipinski definition) is 2. The third-order valence-corrected chi connectivity index (χ3v) is 3.44. The number of furan rings is 1. The summed E-state index contributed by atoms with van der Waals surface area (Å²) in [4.78, 5) is 0. The molecule has 0 fully saturated rings. The molecule has 1 rings (SSSR count). The van der Waals surface area contributed by atoms with Crippen LogP contribution in [0.15, 0.2) is 16.5 Å². The van der Waals surface area contributed by atoms with Crippen molar-refractivity contribution in [3.63, 3.8) is 0 Å². The van der Waals surface area contributed by atoms with Gasteiger partial charge in [0, 0.05) is 25.4 Å². The summed E-state index contributed by atoms with van der Waals surface area (Å²) in [6.07, 6.45) is 1.07. The zero-order valence-electron chi connectivity index (χ0n) is 8.75. The molecule has 0 aromatic carbocycles. The summed E-state index contributed by atoms with van der Waals surface area (Å²) in [6.45, 7) is 2.89. The summed E-state index contributed by atoms with van der Waals surface area (Å²) < 4.78 is 5.61. The number of rotatable bonds is 6. The normalized spacial score (nSPS) is 12.8. The Morgan fingerprint density at radius 3 is 2.86 bits per heavy atom. The van der Waals surface area contributed by atoms with Gasteiger partial charge in [-0.25, -0.2) is 0 Å². The largest absolute Gasteiger partial charge is 0.445 e. The number of nitrogens with two attached hydrogens (primary N) is 1. The summed E-state index contributed by atoms with van der Waals surface area (Å²) in [7, 11) is 1.86. The van der Waals surface area contributed by atoms with Crippen LogP contribution in [-0.2, 0) is 0 Å². The van der Waals surface area contributed by atoms with Crippen molar-refractivity contribution in [3.05, 3.63) is 17.9 Å². The lowest BCUT2D eigenvalue weighted by atomic mass is 10.3. The van der Waals surface area contributed by atoms with Gasteiger partial charge in [-0.1, -0.05) is 6.92 Å². The van der Waals surface area contributed by atoms with Gasteiger partial charge in [0.1, 0.15) is 5.76 Å². The molecule has 0 aliphatic rings. The second kappa shape index (κ2) is 5.98. The SMILES string of the molecule is CCC(SCCN)c1ccc(NC)o1. The van der Waals surface area contributed by atoms with Crippen molar-refractivity contribution < 1.29 is 4.42 Å². The molecule has 0 spiro atoms. The van der Waals surface area contributed by atoms with E-state index >= 15 is 0 Å². The summed E-state index contributed by atoms with van der Waals surface area (Å²) in [5.74, 6) is 2.84. The van der Waals surface area contributed by atoms with Crippen molar-refractivity contribution >= 4 is 17.6 Å². The van der Waals surface area contributed by atoms with E-state index in [2.05, 4.69) is 12.2 Å². The Labute approximate surface area is 89.4 Å². The molecular formula is C10H18N2OS. The first-order valence-electron chi connectivity index (χ1n) is 4.91. The average molecular weight is 214 g/mol. The first kappa shape index (κ1) is 11.5. The second-order valence-corrected chi connectivity index (χ2v) is 4.32. The maximum Gasteiger partial charge on any atom is 0.192 e. The fraction of sp³-hybridized carbons (Fsp3) is 0.600. The fourth-order valence-corrected chi connectivity index (χ4v) is 2.22. The lowest BCUT2D eigenvalue weighted by Gasteiger charge is -2.10. The molecule has 0 amide bonds. The van der Waals surface area contributed by atoms with Gasteiger partial charge in [0.2, 0.25) is 0 Å². The van der Waals surface area contributed by atoms with Crippen molar-refractivity contribution in [2.75, 3.05) is 24.7 Å². The maximum atomic E-state index is 5.61. The van der Waals surface area contributed by atoms with Crippen molar-refractivity contribution in [2.24, 2.45) is 5.73 Å². The number of hydrogen-bond acceptors (Lipinski definition) is 4. The molecule has 1 unspecified atom stereocenters. The molecule has 1 heterocycles. The third-order valence-electron chi connectivity index (χ3n) is 2.00. The molecule has 0 aliphatic heterocycles. The summed E-state index contributed by atoms with van der Waals surface area (Å²) in [5.41, 5.74) is 5.48. The Morgan fingerprint density at radius 2 is 2.36 bits per heavy atom. The zero-order chi connectivity index (χ0) is 10.4. The van der Waals surface area contributed by atoms with Gasteiger partial charge in [-0.2, -0.15) is 0 Å². The van der Waals surface area contributed by atoms with Crippen LogP contribution >= 0.6 is 11.8 Å². The first-order valence-corrected chi connectivity index (χ1v) is 5.95. The van der Waals surface area contributed by atoms with Gasteiger partial charge >= 0.3 is 0 Å². The van der Waals surface area contributed by atoms with E-state index in [-0.39, 0.29) is 0 Å². The van der Waals surface area contributed by atoms with Crippen LogP contribution in [0.3, 0.4) is 0 Å². The Bertz CT molecular complexity index is 262. The molecule has 0 bridgehead atoms. The molecule has 0 saturated heterocycles. The molecule has 4 heteroatoms. The highest BCUT2D eigenvalue weighted by Crippen LogP contribution is 2.33. The summed E-state index contributed by atoms with van der Waals surface area (Å²) in [5, 5.41) is 3.41. The van der Waals surface area contributed by atoms with Gasteiger partial charge in [-0.3, -0.25) is 0 Å². The molecule has 14 heavy (non-hydrogen) atoms. The Hall–Kier alpha value is -0.610. The molecule has 0 radical (unpaired) electrons. The summed E-state index contributed by atoms with van der Waals surface area (Å²) >= 11 is 1.85. The van der Waals surface area contributed by atoms with E-state index < -0.39 is 0 Å². The Balaban J connectivity index is 2.58. The standard InChI is InChI=1S/C10H18N2OS/c1-3-9(14-7-6-11)8-4-5-10(12-2)13-8/h4-5,9,12H,3,6-7,11H2,1-2H3. The van der Waals surface area contributed by atoms with E-state index in [0.29, 0.717) is 5.25 Å². The van der Waals surface area contributed by atoms with Gasteiger partial charge < -0.3 is 15.5 Å². The van der Waals surface area contributed by atoms with Gasteiger partial charge in [0.05, 0.1) is 5.25 Å². The third kappa shape index (κ3) is 2.96. The van der Waals surface area contributed by atoms with Gasteiger partial charge in [-0.05, 0) is 12.5 Å². The zero-order valence-corrected chi connectivity index (χ0v) is 9.56. The minimum Gasteiger partial charge on any atom is -0.445 e. The van der Waals surface area contributed by atoms with Gasteiger partial charge in [0.25, 0.3) is 0 Å². The van der Waals surface area contributed by atoms with Crippen molar-refractivity contribution in [3.8, 4) is 0 Å². The highest BCUT2D eigenvalue weighted by Gasteiger charge is 2.13.